The summed E-state index contributed by atoms with van der Waals surface area (Å²) in [6, 6.07) is 8.65. The van der Waals surface area contributed by atoms with Gasteiger partial charge in [0.2, 0.25) is 0 Å². The zero-order chi connectivity index (χ0) is 15.0. The quantitative estimate of drug-likeness (QED) is 0.819. The second-order valence-electron chi connectivity index (χ2n) is 5.67. The van der Waals surface area contributed by atoms with E-state index in [1.54, 1.807) is 0 Å². The topological polar surface area (TPSA) is 92.9 Å². The number of nitrogens with zero attached hydrogens (tertiary/aromatic N) is 1. The summed E-state index contributed by atoms with van der Waals surface area (Å²) >= 11 is 0. The summed E-state index contributed by atoms with van der Waals surface area (Å²) in [4.78, 5) is 25.2. The van der Waals surface area contributed by atoms with Crippen LogP contribution in [0.4, 0.5) is 4.79 Å². The van der Waals surface area contributed by atoms with Gasteiger partial charge in [-0.1, -0.05) is 30.3 Å². The van der Waals surface area contributed by atoms with E-state index < -0.39 is 23.6 Å². The Morgan fingerprint density at radius 3 is 2.71 bits per heavy atom. The maximum absolute atomic E-state index is 12.5. The lowest BCUT2D eigenvalue weighted by Gasteiger charge is -2.33. The number of nitrogens with two attached hydrogens (primary N) is 1. The molecule has 3 atom stereocenters. The minimum Gasteiger partial charge on any atom is -0.465 e. The van der Waals surface area contributed by atoms with Crippen molar-refractivity contribution in [1.29, 1.82) is 0 Å². The SMILES string of the molecule is NC1CC2CCC1(C(=O)OCc1ccccc1)N2C(=O)O. The average Bonchev–Trinajstić information content (AvgIpc) is 2.99. The van der Waals surface area contributed by atoms with E-state index in [1.807, 2.05) is 30.3 Å². The predicted molar refractivity (Wildman–Crippen MR) is 74.4 cm³/mol. The maximum Gasteiger partial charge on any atom is 0.408 e. The van der Waals surface area contributed by atoms with Gasteiger partial charge in [-0.3, -0.25) is 4.90 Å². The van der Waals surface area contributed by atoms with Crippen molar-refractivity contribution in [2.24, 2.45) is 5.73 Å². The molecule has 0 saturated carbocycles. The minimum atomic E-state index is -1.20. The number of fused-ring (bicyclic) bond motifs is 2. The van der Waals surface area contributed by atoms with Crippen molar-refractivity contribution in [2.75, 3.05) is 0 Å². The fourth-order valence-corrected chi connectivity index (χ4v) is 3.56. The van der Waals surface area contributed by atoms with Crippen LogP contribution in [0.2, 0.25) is 0 Å². The molecule has 2 bridgehead atoms. The Bertz CT molecular complexity index is 562. The molecule has 3 N–H and O–H groups in total. The largest absolute Gasteiger partial charge is 0.465 e. The highest BCUT2D eigenvalue weighted by Crippen LogP contribution is 2.46. The molecule has 1 aromatic carbocycles. The lowest BCUT2D eigenvalue weighted by atomic mass is 9.83. The summed E-state index contributed by atoms with van der Waals surface area (Å²) in [5.74, 6) is -0.527. The number of rotatable bonds is 3. The molecule has 2 saturated heterocycles. The number of carbonyl (C=O) groups excluding carboxylic acids is 1. The Hall–Kier alpha value is -2.08. The highest BCUT2D eigenvalue weighted by Gasteiger charge is 2.64. The molecular weight excluding hydrogens is 272 g/mol. The van der Waals surface area contributed by atoms with Crippen LogP contribution in [0.15, 0.2) is 30.3 Å². The fraction of sp³-hybridized carbons (Fsp3) is 0.467. The first-order chi connectivity index (χ1) is 10.1. The summed E-state index contributed by atoms with van der Waals surface area (Å²) in [5, 5.41) is 9.37. The first-order valence-electron chi connectivity index (χ1n) is 7.04. The van der Waals surface area contributed by atoms with Crippen molar-refractivity contribution < 1.29 is 19.4 Å². The van der Waals surface area contributed by atoms with Crippen LogP contribution in [-0.4, -0.2) is 39.7 Å². The fourth-order valence-electron chi connectivity index (χ4n) is 3.56. The van der Waals surface area contributed by atoms with E-state index in [1.165, 1.54) is 4.90 Å². The highest BCUT2D eigenvalue weighted by atomic mass is 16.5. The molecule has 112 valence electrons. The number of carboxylic acid groups (broad SMARTS) is 1. The normalized spacial score (nSPS) is 30.4. The second-order valence-corrected chi connectivity index (χ2v) is 5.67. The van der Waals surface area contributed by atoms with Gasteiger partial charge in [0.1, 0.15) is 6.61 Å². The van der Waals surface area contributed by atoms with Crippen LogP contribution in [0.3, 0.4) is 0 Å². The van der Waals surface area contributed by atoms with Crippen LogP contribution in [0.5, 0.6) is 0 Å². The molecule has 21 heavy (non-hydrogen) atoms. The standard InChI is InChI=1S/C15H18N2O4/c16-12-8-11-6-7-15(12,17(11)14(19)20)13(18)21-9-10-4-2-1-3-5-10/h1-5,11-12H,6-9,16H2,(H,19,20). The van der Waals surface area contributed by atoms with E-state index in [2.05, 4.69) is 0 Å². The third-order valence-corrected chi connectivity index (χ3v) is 4.57. The van der Waals surface area contributed by atoms with Crippen molar-refractivity contribution in [3.63, 3.8) is 0 Å². The van der Waals surface area contributed by atoms with Gasteiger partial charge in [0.15, 0.2) is 5.54 Å². The van der Waals surface area contributed by atoms with E-state index >= 15 is 0 Å². The molecular formula is C15H18N2O4. The molecule has 2 aliphatic heterocycles. The second kappa shape index (κ2) is 5.04. The number of amides is 1. The summed E-state index contributed by atoms with van der Waals surface area (Å²) in [5.41, 5.74) is 5.71. The monoisotopic (exact) mass is 290 g/mol. The summed E-state index contributed by atoms with van der Waals surface area (Å²) < 4.78 is 5.36. The summed E-state index contributed by atoms with van der Waals surface area (Å²) in [6.07, 6.45) is 0.536. The molecule has 0 radical (unpaired) electrons. The first kappa shape index (κ1) is 13.9. The van der Waals surface area contributed by atoms with Gasteiger partial charge in [0, 0.05) is 12.1 Å². The van der Waals surface area contributed by atoms with Crippen LogP contribution in [0.25, 0.3) is 0 Å². The Balaban J connectivity index is 1.77. The molecule has 1 aromatic rings. The molecule has 6 heteroatoms. The van der Waals surface area contributed by atoms with Crippen LogP contribution >= 0.6 is 0 Å². The van der Waals surface area contributed by atoms with Gasteiger partial charge in [-0.15, -0.1) is 0 Å². The van der Waals surface area contributed by atoms with E-state index in [4.69, 9.17) is 10.5 Å². The van der Waals surface area contributed by atoms with E-state index in [9.17, 15) is 14.7 Å². The van der Waals surface area contributed by atoms with Gasteiger partial charge in [-0.05, 0) is 24.8 Å². The molecule has 6 nitrogen and oxygen atoms in total. The first-order valence-corrected chi connectivity index (χ1v) is 7.04. The third kappa shape index (κ3) is 2.06. The average molecular weight is 290 g/mol. The van der Waals surface area contributed by atoms with Crippen LogP contribution in [0.1, 0.15) is 24.8 Å². The smallest absolute Gasteiger partial charge is 0.408 e. The minimum absolute atomic E-state index is 0.131. The van der Waals surface area contributed by atoms with Gasteiger partial charge < -0.3 is 15.6 Å². The van der Waals surface area contributed by atoms with Crippen molar-refractivity contribution in [1.82, 2.24) is 4.90 Å². The number of esters is 1. The Morgan fingerprint density at radius 1 is 1.38 bits per heavy atom. The van der Waals surface area contributed by atoms with Crippen molar-refractivity contribution >= 4 is 12.1 Å². The van der Waals surface area contributed by atoms with Gasteiger partial charge in [-0.25, -0.2) is 9.59 Å². The van der Waals surface area contributed by atoms with Crippen molar-refractivity contribution in [2.45, 2.75) is 43.5 Å². The zero-order valence-corrected chi connectivity index (χ0v) is 11.6. The van der Waals surface area contributed by atoms with Crippen molar-refractivity contribution in [3.8, 4) is 0 Å². The van der Waals surface area contributed by atoms with E-state index in [0.29, 0.717) is 19.3 Å². The molecule has 3 rings (SSSR count). The molecule has 2 fully saturated rings. The number of benzene rings is 1. The van der Waals surface area contributed by atoms with Gasteiger partial charge in [0.05, 0.1) is 0 Å². The van der Waals surface area contributed by atoms with Crippen LogP contribution in [-0.2, 0) is 16.1 Å². The molecule has 2 heterocycles. The Labute approximate surface area is 122 Å². The molecule has 0 spiro atoms. The summed E-state index contributed by atoms with van der Waals surface area (Å²) in [6.45, 7) is 0.131. The third-order valence-electron chi connectivity index (χ3n) is 4.57. The Morgan fingerprint density at radius 2 is 2.10 bits per heavy atom. The lowest BCUT2D eigenvalue weighted by molar-refractivity contribution is -0.156. The number of ether oxygens (including phenoxy) is 1. The van der Waals surface area contributed by atoms with Gasteiger partial charge in [-0.2, -0.15) is 0 Å². The zero-order valence-electron chi connectivity index (χ0n) is 11.6. The number of carbonyl (C=O) groups is 2. The number of hydrogen-bond donors (Lipinski definition) is 2. The van der Waals surface area contributed by atoms with Gasteiger partial charge >= 0.3 is 12.1 Å². The Kier molecular flexibility index (Phi) is 3.33. The lowest BCUT2D eigenvalue weighted by Crippen LogP contribution is -2.59. The van der Waals surface area contributed by atoms with E-state index in [-0.39, 0.29) is 12.6 Å². The van der Waals surface area contributed by atoms with Gasteiger partial charge in [0.25, 0.3) is 0 Å². The van der Waals surface area contributed by atoms with Crippen molar-refractivity contribution in [3.05, 3.63) is 35.9 Å². The van der Waals surface area contributed by atoms with Crippen LogP contribution < -0.4 is 5.73 Å². The highest BCUT2D eigenvalue weighted by molar-refractivity contribution is 5.88. The van der Waals surface area contributed by atoms with Crippen LogP contribution in [0, 0.1) is 0 Å². The predicted octanol–water partition coefficient (Wildman–Crippen LogP) is 1.34. The number of hydrogen-bond acceptors (Lipinski definition) is 4. The molecule has 1 amide bonds. The molecule has 0 aromatic heterocycles. The van der Waals surface area contributed by atoms with E-state index in [0.717, 1.165) is 5.56 Å². The molecule has 0 aliphatic carbocycles. The molecule has 2 aliphatic rings. The summed E-state index contributed by atoms with van der Waals surface area (Å²) in [7, 11) is 0. The molecule has 3 unspecified atom stereocenters. The maximum atomic E-state index is 12.5.